The van der Waals surface area contributed by atoms with Crippen LogP contribution in [0.25, 0.3) is 0 Å². The maximum atomic E-state index is 12.8. The summed E-state index contributed by atoms with van der Waals surface area (Å²) in [5.41, 5.74) is 2.85. The fourth-order valence-electron chi connectivity index (χ4n) is 3.45. The van der Waals surface area contributed by atoms with Gasteiger partial charge in [0, 0.05) is 18.4 Å². The van der Waals surface area contributed by atoms with Gasteiger partial charge >= 0.3 is 0 Å². The van der Waals surface area contributed by atoms with Crippen LogP contribution in [0.4, 0.5) is 0 Å². The first-order chi connectivity index (χ1) is 14.0. The van der Waals surface area contributed by atoms with Gasteiger partial charge in [-0.3, -0.25) is 4.79 Å². The van der Waals surface area contributed by atoms with Crippen LogP contribution < -0.4 is 5.32 Å². The second-order valence-electron chi connectivity index (χ2n) is 7.13. The first-order valence-electron chi connectivity index (χ1n) is 9.50. The molecule has 0 spiro atoms. The third-order valence-corrected chi connectivity index (χ3v) is 5.74. The zero-order valence-corrected chi connectivity index (χ0v) is 17.6. The molecule has 0 aromatic heterocycles. The van der Waals surface area contributed by atoms with E-state index in [0.29, 0.717) is 5.56 Å². The van der Waals surface area contributed by atoms with Crippen molar-refractivity contribution in [1.29, 1.82) is 0 Å². The quantitative estimate of drug-likeness (QED) is 0.487. The molecule has 2 atom stereocenters. The highest BCUT2D eigenvalue weighted by Crippen LogP contribution is 2.40. The molecule has 3 rings (SSSR count). The van der Waals surface area contributed by atoms with Gasteiger partial charge in [-0.15, -0.1) is 0 Å². The molecule has 150 valence electrons. The van der Waals surface area contributed by atoms with Gasteiger partial charge in [-0.05, 0) is 36.1 Å². The standard InChI is InChI=1S/C24H23Cl2NO2/c1-16(14-17-8-4-2-5-9-17)27-22(29)15-20(18-10-6-3-7-11-18)19-12-13-21(28)24(26)23(19)25/h2-13,16,20,28H,14-15H2,1H3,(H,27,29)/t16-,20-/m1/s1. The van der Waals surface area contributed by atoms with Gasteiger partial charge in [0.15, 0.2) is 0 Å². The predicted molar refractivity (Wildman–Crippen MR) is 119 cm³/mol. The van der Waals surface area contributed by atoms with Gasteiger partial charge in [0.1, 0.15) is 10.8 Å². The molecule has 3 aromatic carbocycles. The molecule has 5 heteroatoms. The van der Waals surface area contributed by atoms with E-state index < -0.39 is 0 Å². The van der Waals surface area contributed by atoms with Crippen molar-refractivity contribution in [2.45, 2.75) is 31.7 Å². The second kappa shape index (κ2) is 9.82. The summed E-state index contributed by atoms with van der Waals surface area (Å²) in [5.74, 6) is -0.415. The number of hydrogen-bond donors (Lipinski definition) is 2. The molecule has 2 N–H and O–H groups in total. The van der Waals surface area contributed by atoms with Crippen LogP contribution in [0.1, 0.15) is 36.0 Å². The van der Waals surface area contributed by atoms with Gasteiger partial charge in [-0.25, -0.2) is 0 Å². The maximum absolute atomic E-state index is 12.8. The molecule has 0 fully saturated rings. The smallest absolute Gasteiger partial charge is 0.221 e. The first-order valence-corrected chi connectivity index (χ1v) is 10.3. The molecule has 0 saturated carbocycles. The average Bonchev–Trinajstić information content (AvgIpc) is 2.72. The lowest BCUT2D eigenvalue weighted by Gasteiger charge is -2.21. The summed E-state index contributed by atoms with van der Waals surface area (Å²) in [7, 11) is 0. The Balaban J connectivity index is 1.79. The summed E-state index contributed by atoms with van der Waals surface area (Å²) in [6.45, 7) is 1.99. The van der Waals surface area contributed by atoms with Crippen LogP contribution in [-0.4, -0.2) is 17.1 Å². The molecule has 0 aliphatic carbocycles. The number of benzene rings is 3. The minimum atomic E-state index is -0.272. The maximum Gasteiger partial charge on any atom is 0.221 e. The van der Waals surface area contributed by atoms with E-state index >= 15 is 0 Å². The van der Waals surface area contributed by atoms with E-state index in [1.165, 1.54) is 11.6 Å². The van der Waals surface area contributed by atoms with Gasteiger partial charge in [0.05, 0.1) is 5.02 Å². The third-order valence-electron chi connectivity index (χ3n) is 4.85. The van der Waals surface area contributed by atoms with Crippen LogP contribution in [0.3, 0.4) is 0 Å². The molecule has 0 radical (unpaired) electrons. The number of nitrogens with one attached hydrogen (secondary N) is 1. The molecular weight excluding hydrogens is 405 g/mol. The number of phenolic OH excluding ortho intramolecular Hbond substituents is 1. The second-order valence-corrected chi connectivity index (χ2v) is 7.88. The lowest BCUT2D eigenvalue weighted by Crippen LogP contribution is -2.35. The molecule has 3 aromatic rings. The lowest BCUT2D eigenvalue weighted by atomic mass is 9.88. The van der Waals surface area contributed by atoms with Crippen LogP contribution in [0.5, 0.6) is 5.75 Å². The molecule has 0 bridgehead atoms. The van der Waals surface area contributed by atoms with Crippen molar-refractivity contribution in [2.24, 2.45) is 0 Å². The number of phenols is 1. The molecule has 3 nitrogen and oxygen atoms in total. The normalized spacial score (nSPS) is 12.9. The Morgan fingerprint density at radius 3 is 2.21 bits per heavy atom. The Labute approximate surface area is 181 Å². The Kier molecular flexibility index (Phi) is 7.18. The predicted octanol–water partition coefficient (Wildman–Crippen LogP) is 5.97. The number of halogens is 2. The van der Waals surface area contributed by atoms with Crippen LogP contribution in [0, 0.1) is 0 Å². The largest absolute Gasteiger partial charge is 0.506 e. The van der Waals surface area contributed by atoms with E-state index in [1.807, 2.05) is 67.6 Å². The van der Waals surface area contributed by atoms with Crippen molar-refractivity contribution in [3.8, 4) is 5.75 Å². The van der Waals surface area contributed by atoms with E-state index in [1.54, 1.807) is 6.07 Å². The van der Waals surface area contributed by atoms with Crippen molar-refractivity contribution < 1.29 is 9.90 Å². The summed E-state index contributed by atoms with van der Waals surface area (Å²) in [5, 5.41) is 13.3. The van der Waals surface area contributed by atoms with Crippen LogP contribution in [-0.2, 0) is 11.2 Å². The number of aromatic hydroxyl groups is 1. The topological polar surface area (TPSA) is 49.3 Å². The van der Waals surface area contributed by atoms with E-state index in [0.717, 1.165) is 12.0 Å². The molecule has 0 heterocycles. The average molecular weight is 428 g/mol. The highest BCUT2D eigenvalue weighted by molar-refractivity contribution is 6.43. The molecule has 0 aliphatic heterocycles. The fraction of sp³-hybridized carbons (Fsp3) is 0.208. The van der Waals surface area contributed by atoms with Gasteiger partial charge in [0.25, 0.3) is 0 Å². The summed E-state index contributed by atoms with van der Waals surface area (Å²) < 4.78 is 0. The lowest BCUT2D eigenvalue weighted by molar-refractivity contribution is -0.121. The SMILES string of the molecule is C[C@H](Cc1ccccc1)NC(=O)C[C@H](c1ccccc1)c1ccc(O)c(Cl)c1Cl. The third kappa shape index (κ3) is 5.53. The Hall–Kier alpha value is -2.49. The van der Waals surface area contributed by atoms with Crippen LogP contribution >= 0.6 is 23.2 Å². The van der Waals surface area contributed by atoms with Crippen LogP contribution in [0.2, 0.25) is 10.0 Å². The summed E-state index contributed by atoms with van der Waals surface area (Å²) in [6.07, 6.45) is 0.984. The van der Waals surface area contributed by atoms with Crippen molar-refractivity contribution in [3.05, 3.63) is 99.5 Å². The van der Waals surface area contributed by atoms with Crippen molar-refractivity contribution in [1.82, 2.24) is 5.32 Å². The highest BCUT2D eigenvalue weighted by Gasteiger charge is 2.23. The molecule has 0 unspecified atom stereocenters. The highest BCUT2D eigenvalue weighted by atomic mass is 35.5. The summed E-state index contributed by atoms with van der Waals surface area (Å²) in [6, 6.07) is 23.0. The Morgan fingerprint density at radius 2 is 1.55 bits per heavy atom. The van der Waals surface area contributed by atoms with E-state index in [9.17, 15) is 9.90 Å². The zero-order chi connectivity index (χ0) is 20.8. The van der Waals surface area contributed by atoms with Crippen molar-refractivity contribution in [2.75, 3.05) is 0 Å². The Bertz CT molecular complexity index is 961. The number of hydrogen-bond acceptors (Lipinski definition) is 2. The zero-order valence-electron chi connectivity index (χ0n) is 16.1. The van der Waals surface area contributed by atoms with Gasteiger partial charge in [-0.1, -0.05) is 89.9 Å². The molecular formula is C24H23Cl2NO2. The summed E-state index contributed by atoms with van der Waals surface area (Å²) in [4.78, 5) is 12.8. The summed E-state index contributed by atoms with van der Waals surface area (Å²) >= 11 is 12.6. The fourth-order valence-corrected chi connectivity index (χ4v) is 3.92. The van der Waals surface area contributed by atoms with E-state index in [2.05, 4.69) is 5.32 Å². The number of carbonyl (C=O) groups is 1. The van der Waals surface area contributed by atoms with E-state index in [4.69, 9.17) is 23.2 Å². The minimum absolute atomic E-state index is 0.000186. The van der Waals surface area contributed by atoms with Crippen molar-refractivity contribution in [3.63, 3.8) is 0 Å². The van der Waals surface area contributed by atoms with Crippen LogP contribution in [0.15, 0.2) is 72.8 Å². The Morgan fingerprint density at radius 1 is 0.931 bits per heavy atom. The number of carbonyl (C=O) groups excluding carboxylic acids is 1. The molecule has 29 heavy (non-hydrogen) atoms. The minimum Gasteiger partial charge on any atom is -0.506 e. The number of amides is 1. The molecule has 1 amide bonds. The first kappa shape index (κ1) is 21.2. The van der Waals surface area contributed by atoms with Gasteiger partial charge in [0.2, 0.25) is 5.91 Å². The monoisotopic (exact) mass is 427 g/mol. The van der Waals surface area contributed by atoms with Gasteiger partial charge in [-0.2, -0.15) is 0 Å². The molecule has 0 saturated heterocycles. The van der Waals surface area contributed by atoms with Gasteiger partial charge < -0.3 is 10.4 Å². The van der Waals surface area contributed by atoms with Crippen molar-refractivity contribution >= 4 is 29.1 Å². The van der Waals surface area contributed by atoms with E-state index in [-0.39, 0.29) is 40.1 Å². The molecule has 0 aliphatic rings. The number of rotatable bonds is 7.